The first kappa shape index (κ1) is 13.1. The van der Waals surface area contributed by atoms with Crippen LogP contribution < -0.4 is 5.32 Å². The van der Waals surface area contributed by atoms with Gasteiger partial charge in [-0.15, -0.1) is 0 Å². The summed E-state index contributed by atoms with van der Waals surface area (Å²) in [5, 5.41) is 31.0. The molecule has 1 rings (SSSR count). The minimum absolute atomic E-state index is 0.0986. The van der Waals surface area contributed by atoms with Gasteiger partial charge in [-0.3, -0.25) is 14.9 Å². The van der Waals surface area contributed by atoms with Crippen molar-refractivity contribution in [3.05, 3.63) is 33.9 Å². The molecule has 0 saturated heterocycles. The summed E-state index contributed by atoms with van der Waals surface area (Å²) < 4.78 is 0. The van der Waals surface area contributed by atoms with E-state index in [1.54, 1.807) is 0 Å². The Hall–Kier alpha value is -1.99. The molecule has 1 atom stereocenters. The van der Waals surface area contributed by atoms with Crippen molar-refractivity contribution in [2.75, 3.05) is 19.0 Å². The minimum atomic E-state index is -1.51. The van der Waals surface area contributed by atoms with Crippen LogP contribution in [0.3, 0.4) is 0 Å². The fourth-order valence-corrected chi connectivity index (χ4v) is 1.32. The van der Waals surface area contributed by atoms with Gasteiger partial charge in [-0.05, 0) is 12.1 Å². The highest BCUT2D eigenvalue weighted by Crippen LogP contribution is 2.25. The van der Waals surface area contributed by atoms with Gasteiger partial charge >= 0.3 is 0 Å². The van der Waals surface area contributed by atoms with E-state index in [0.29, 0.717) is 0 Å². The van der Waals surface area contributed by atoms with E-state index in [0.717, 1.165) is 0 Å². The topological polar surface area (TPSA) is 113 Å². The maximum atomic E-state index is 11.5. The number of nitro groups is 1. The molecule has 92 valence electrons. The van der Waals surface area contributed by atoms with Gasteiger partial charge in [0.1, 0.15) is 11.8 Å². The predicted octanol–water partition coefficient (Wildman–Crippen LogP) is 0.172. The average molecular weight is 240 g/mol. The number of aliphatic hydroxyl groups is 2. The molecule has 7 nitrogen and oxygen atoms in total. The molecule has 0 spiro atoms. The maximum absolute atomic E-state index is 11.5. The number of nitrogens with one attached hydrogen (secondary N) is 1. The SMILES string of the molecule is CNc1cc(C(=O)C(O)CO)ccc1[N+](=O)[O-]. The minimum Gasteiger partial charge on any atom is -0.393 e. The molecule has 0 aliphatic heterocycles. The van der Waals surface area contributed by atoms with E-state index in [4.69, 9.17) is 10.2 Å². The highest BCUT2D eigenvalue weighted by molar-refractivity contribution is 6.00. The van der Waals surface area contributed by atoms with E-state index in [1.807, 2.05) is 0 Å². The lowest BCUT2D eigenvalue weighted by Crippen LogP contribution is -2.24. The van der Waals surface area contributed by atoms with Crippen molar-refractivity contribution < 1.29 is 19.9 Å². The highest BCUT2D eigenvalue weighted by Gasteiger charge is 2.20. The quantitative estimate of drug-likeness (QED) is 0.384. The van der Waals surface area contributed by atoms with Crippen molar-refractivity contribution in [1.82, 2.24) is 0 Å². The van der Waals surface area contributed by atoms with Crippen LogP contribution in [0.5, 0.6) is 0 Å². The zero-order valence-electron chi connectivity index (χ0n) is 9.08. The van der Waals surface area contributed by atoms with Crippen molar-refractivity contribution in [1.29, 1.82) is 0 Å². The Bertz CT molecular complexity index is 446. The van der Waals surface area contributed by atoms with Gasteiger partial charge in [0.2, 0.25) is 0 Å². The standard InChI is InChI=1S/C10H12N2O5/c1-11-7-4-6(10(15)9(14)5-13)2-3-8(7)12(16)17/h2-4,9,11,13-14H,5H2,1H3. The molecule has 0 radical (unpaired) electrons. The molecule has 0 fully saturated rings. The zero-order valence-corrected chi connectivity index (χ0v) is 9.08. The Morgan fingerprint density at radius 1 is 1.59 bits per heavy atom. The number of benzene rings is 1. The van der Waals surface area contributed by atoms with Gasteiger partial charge in [0.05, 0.1) is 11.5 Å². The molecule has 0 amide bonds. The number of aliphatic hydroxyl groups excluding tert-OH is 2. The number of nitro benzene ring substituents is 1. The fraction of sp³-hybridized carbons (Fsp3) is 0.300. The van der Waals surface area contributed by atoms with E-state index in [2.05, 4.69) is 5.32 Å². The van der Waals surface area contributed by atoms with Crippen LogP contribution in [0.1, 0.15) is 10.4 Å². The van der Waals surface area contributed by atoms with Crippen molar-refractivity contribution in [3.8, 4) is 0 Å². The lowest BCUT2D eigenvalue weighted by molar-refractivity contribution is -0.383. The Morgan fingerprint density at radius 2 is 2.24 bits per heavy atom. The van der Waals surface area contributed by atoms with Gasteiger partial charge in [-0.2, -0.15) is 0 Å². The van der Waals surface area contributed by atoms with Crippen molar-refractivity contribution in [3.63, 3.8) is 0 Å². The first-order valence-electron chi connectivity index (χ1n) is 4.80. The van der Waals surface area contributed by atoms with Crippen molar-refractivity contribution in [2.45, 2.75) is 6.10 Å². The fourth-order valence-electron chi connectivity index (χ4n) is 1.32. The van der Waals surface area contributed by atoms with Gasteiger partial charge in [0.15, 0.2) is 5.78 Å². The van der Waals surface area contributed by atoms with Crippen LogP contribution in [0.25, 0.3) is 0 Å². The summed E-state index contributed by atoms with van der Waals surface area (Å²) in [6.07, 6.45) is -1.51. The molecular weight excluding hydrogens is 228 g/mol. The van der Waals surface area contributed by atoms with Crippen LogP contribution in [-0.2, 0) is 0 Å². The zero-order chi connectivity index (χ0) is 13.0. The largest absolute Gasteiger partial charge is 0.393 e. The average Bonchev–Trinajstić information content (AvgIpc) is 2.35. The molecular formula is C10H12N2O5. The third-order valence-corrected chi connectivity index (χ3v) is 2.22. The van der Waals surface area contributed by atoms with Gasteiger partial charge in [-0.25, -0.2) is 0 Å². The van der Waals surface area contributed by atoms with E-state index in [1.165, 1.54) is 25.2 Å². The summed E-state index contributed by atoms with van der Waals surface area (Å²) in [6.45, 7) is -0.690. The number of rotatable bonds is 5. The van der Waals surface area contributed by atoms with E-state index < -0.39 is 23.4 Å². The van der Waals surface area contributed by atoms with E-state index in [-0.39, 0.29) is 16.9 Å². The number of anilines is 1. The van der Waals surface area contributed by atoms with Gasteiger partial charge < -0.3 is 15.5 Å². The summed E-state index contributed by atoms with van der Waals surface area (Å²) in [6, 6.07) is 3.67. The van der Waals surface area contributed by atoms with Crippen LogP contribution in [0.2, 0.25) is 0 Å². The number of ketones is 1. The molecule has 1 aromatic carbocycles. The van der Waals surface area contributed by atoms with Crippen LogP contribution >= 0.6 is 0 Å². The summed E-state index contributed by atoms with van der Waals surface area (Å²) in [5.41, 5.74) is 0.107. The number of hydrogen-bond acceptors (Lipinski definition) is 6. The van der Waals surface area contributed by atoms with Gasteiger partial charge in [0.25, 0.3) is 5.69 Å². The number of hydrogen-bond donors (Lipinski definition) is 3. The highest BCUT2D eigenvalue weighted by atomic mass is 16.6. The molecule has 0 aliphatic rings. The molecule has 0 heterocycles. The number of carbonyl (C=O) groups is 1. The third kappa shape index (κ3) is 2.77. The summed E-state index contributed by atoms with van der Waals surface area (Å²) >= 11 is 0. The summed E-state index contributed by atoms with van der Waals surface area (Å²) in [4.78, 5) is 21.6. The first-order valence-corrected chi connectivity index (χ1v) is 4.80. The molecule has 17 heavy (non-hydrogen) atoms. The van der Waals surface area contributed by atoms with Crippen molar-refractivity contribution >= 4 is 17.2 Å². The summed E-state index contributed by atoms with van der Waals surface area (Å²) in [5.74, 6) is -0.682. The smallest absolute Gasteiger partial charge is 0.292 e. The number of nitrogens with zero attached hydrogens (tertiary/aromatic N) is 1. The number of Topliss-reactive ketones (excluding diaryl/α,β-unsaturated/α-hetero) is 1. The molecule has 0 saturated carbocycles. The second-order valence-electron chi connectivity index (χ2n) is 3.30. The van der Waals surface area contributed by atoms with Gasteiger partial charge in [0, 0.05) is 18.7 Å². The van der Waals surface area contributed by atoms with Crippen LogP contribution in [0.15, 0.2) is 18.2 Å². The molecule has 7 heteroatoms. The Morgan fingerprint density at radius 3 is 2.71 bits per heavy atom. The molecule has 1 unspecified atom stereocenters. The summed E-state index contributed by atoms with van der Waals surface area (Å²) in [7, 11) is 1.49. The van der Waals surface area contributed by atoms with Crippen molar-refractivity contribution in [2.24, 2.45) is 0 Å². The molecule has 3 N–H and O–H groups in total. The Labute approximate surface area is 96.8 Å². The molecule has 0 aliphatic carbocycles. The van der Waals surface area contributed by atoms with Gasteiger partial charge in [-0.1, -0.05) is 0 Å². The van der Waals surface area contributed by atoms with Crippen LogP contribution in [0.4, 0.5) is 11.4 Å². The number of carbonyl (C=O) groups excluding carboxylic acids is 1. The Balaban J connectivity index is 3.13. The maximum Gasteiger partial charge on any atom is 0.292 e. The molecule has 1 aromatic rings. The third-order valence-electron chi connectivity index (χ3n) is 2.22. The Kier molecular flexibility index (Phi) is 4.13. The molecule has 0 bridgehead atoms. The second kappa shape index (κ2) is 5.37. The normalized spacial score (nSPS) is 11.9. The lowest BCUT2D eigenvalue weighted by Gasteiger charge is -2.08. The second-order valence-corrected chi connectivity index (χ2v) is 3.30. The molecule has 0 aromatic heterocycles. The van der Waals surface area contributed by atoms with Crippen LogP contribution in [0, 0.1) is 10.1 Å². The van der Waals surface area contributed by atoms with E-state index in [9.17, 15) is 14.9 Å². The van der Waals surface area contributed by atoms with E-state index >= 15 is 0 Å². The van der Waals surface area contributed by atoms with Crippen LogP contribution in [-0.4, -0.2) is 40.7 Å². The lowest BCUT2D eigenvalue weighted by atomic mass is 10.1. The monoisotopic (exact) mass is 240 g/mol. The first-order chi connectivity index (χ1) is 8.01. The predicted molar refractivity (Wildman–Crippen MR) is 60.1 cm³/mol.